The predicted molar refractivity (Wildman–Crippen MR) is 91.6 cm³/mol. The van der Waals surface area contributed by atoms with E-state index in [4.69, 9.17) is 11.6 Å². The Balaban J connectivity index is 2.00. The number of carboxylic acid groups (broad SMARTS) is 1. The monoisotopic (exact) mass is 401 g/mol. The fourth-order valence-corrected chi connectivity index (χ4v) is 3.84. The molecule has 0 atom stereocenters. The van der Waals surface area contributed by atoms with E-state index in [9.17, 15) is 23.5 Å². The number of halogens is 3. The predicted octanol–water partition coefficient (Wildman–Crippen LogP) is 3.84. The molecule has 7 nitrogen and oxygen atoms in total. The van der Waals surface area contributed by atoms with Gasteiger partial charge in [-0.2, -0.15) is 13.9 Å². The van der Waals surface area contributed by atoms with Gasteiger partial charge in [0, 0.05) is 11.7 Å². The number of rotatable bonds is 5. The molecule has 2 N–H and O–H groups in total. The highest BCUT2D eigenvalue weighted by molar-refractivity contribution is 7.21. The first-order chi connectivity index (χ1) is 12.3. The summed E-state index contributed by atoms with van der Waals surface area (Å²) in [5.74, 6) is -2.10. The minimum atomic E-state index is -3.04. The fourth-order valence-electron chi connectivity index (χ4n) is 2.38. The molecule has 0 aliphatic heterocycles. The molecule has 0 bridgehead atoms. The lowest BCUT2D eigenvalue weighted by Crippen LogP contribution is -2.14. The highest BCUT2D eigenvalue weighted by Crippen LogP contribution is 2.41. The largest absolute Gasteiger partial charge is 0.476 e. The number of carbonyl (C=O) groups is 2. The van der Waals surface area contributed by atoms with Crippen LogP contribution in [0.4, 0.5) is 14.5 Å². The van der Waals surface area contributed by atoms with E-state index in [1.165, 1.54) is 25.4 Å². The quantitative estimate of drug-likeness (QED) is 0.677. The second-order valence-corrected chi connectivity index (χ2v) is 6.47. The summed E-state index contributed by atoms with van der Waals surface area (Å²) in [5.41, 5.74) is -0.222. The molecular weight excluding hydrogens is 392 g/mol. The number of carboxylic acids is 1. The Morgan fingerprint density at radius 1 is 1.42 bits per heavy atom. The molecule has 136 valence electrons. The molecule has 0 radical (unpaired) electrons. The SMILES string of the molecule is Cn1ncc(NC(=O)c2sc3cccc(OC(F)F)c3c2Cl)c1C(=O)O. The number of hydrogen-bond donors (Lipinski definition) is 2. The van der Waals surface area contributed by atoms with Crippen LogP contribution in [0.1, 0.15) is 20.2 Å². The average Bonchev–Trinajstić information content (AvgIpc) is 3.08. The third kappa shape index (κ3) is 3.20. The number of aryl methyl sites for hydroxylation is 1. The number of ether oxygens (including phenoxy) is 1. The van der Waals surface area contributed by atoms with Crippen molar-refractivity contribution in [1.82, 2.24) is 9.78 Å². The number of nitrogens with zero attached hydrogens (tertiary/aromatic N) is 2. The molecular formula is C15H10ClF2N3O4S. The number of amides is 1. The minimum Gasteiger partial charge on any atom is -0.476 e. The molecule has 0 saturated heterocycles. The number of anilines is 1. The highest BCUT2D eigenvalue weighted by atomic mass is 35.5. The molecule has 0 saturated carbocycles. The van der Waals surface area contributed by atoms with Crippen molar-refractivity contribution in [1.29, 1.82) is 0 Å². The van der Waals surface area contributed by atoms with E-state index in [0.29, 0.717) is 4.70 Å². The average molecular weight is 402 g/mol. The molecule has 2 heterocycles. The van der Waals surface area contributed by atoms with Gasteiger partial charge in [0.1, 0.15) is 10.6 Å². The number of alkyl halides is 2. The smallest absolute Gasteiger partial charge is 0.387 e. The van der Waals surface area contributed by atoms with Gasteiger partial charge in [0.05, 0.1) is 22.3 Å². The lowest BCUT2D eigenvalue weighted by molar-refractivity contribution is -0.0487. The standard InChI is InChI=1S/C15H10ClF2N3O4S/c1-21-11(14(23)24)6(5-19-21)20-13(22)12-10(16)9-7(25-15(17)18)3-2-4-8(9)26-12/h2-5,15H,1H3,(H,20,22)(H,23,24). The van der Waals surface area contributed by atoms with Crippen LogP contribution in [0.3, 0.4) is 0 Å². The maximum absolute atomic E-state index is 12.5. The molecule has 0 spiro atoms. The zero-order valence-electron chi connectivity index (χ0n) is 13.0. The van der Waals surface area contributed by atoms with Crippen LogP contribution in [0, 0.1) is 0 Å². The van der Waals surface area contributed by atoms with Gasteiger partial charge in [-0.1, -0.05) is 17.7 Å². The van der Waals surface area contributed by atoms with Crippen LogP contribution >= 0.6 is 22.9 Å². The van der Waals surface area contributed by atoms with Crippen LogP contribution in [0.25, 0.3) is 10.1 Å². The molecule has 0 unspecified atom stereocenters. The first-order valence-corrected chi connectivity index (χ1v) is 8.21. The number of nitrogens with one attached hydrogen (secondary N) is 1. The Bertz CT molecular complexity index is 1020. The van der Waals surface area contributed by atoms with Crippen molar-refractivity contribution in [3.8, 4) is 5.75 Å². The van der Waals surface area contributed by atoms with Crippen molar-refractivity contribution in [2.45, 2.75) is 6.61 Å². The summed E-state index contributed by atoms with van der Waals surface area (Å²) in [4.78, 5) is 23.8. The zero-order valence-corrected chi connectivity index (χ0v) is 14.6. The third-order valence-electron chi connectivity index (χ3n) is 3.43. The molecule has 3 aromatic rings. The van der Waals surface area contributed by atoms with Crippen molar-refractivity contribution < 1.29 is 28.2 Å². The van der Waals surface area contributed by atoms with Gasteiger partial charge in [-0.15, -0.1) is 11.3 Å². The molecule has 1 amide bonds. The van der Waals surface area contributed by atoms with Gasteiger partial charge >= 0.3 is 12.6 Å². The van der Waals surface area contributed by atoms with E-state index >= 15 is 0 Å². The third-order valence-corrected chi connectivity index (χ3v) is 5.07. The van der Waals surface area contributed by atoms with E-state index in [-0.39, 0.29) is 32.4 Å². The molecule has 0 fully saturated rings. The van der Waals surface area contributed by atoms with Crippen LogP contribution in [-0.2, 0) is 7.05 Å². The van der Waals surface area contributed by atoms with E-state index in [1.807, 2.05) is 0 Å². The fraction of sp³-hybridized carbons (Fsp3) is 0.133. The zero-order chi connectivity index (χ0) is 19.0. The van der Waals surface area contributed by atoms with Crippen molar-refractivity contribution in [2.24, 2.45) is 7.05 Å². The second-order valence-electron chi connectivity index (χ2n) is 5.04. The van der Waals surface area contributed by atoms with Crippen LogP contribution in [0.15, 0.2) is 24.4 Å². The van der Waals surface area contributed by atoms with Crippen LogP contribution in [0.5, 0.6) is 5.75 Å². The summed E-state index contributed by atoms with van der Waals surface area (Å²) in [6.45, 7) is -3.04. The topological polar surface area (TPSA) is 93.5 Å². The maximum Gasteiger partial charge on any atom is 0.387 e. The van der Waals surface area contributed by atoms with Gasteiger partial charge < -0.3 is 15.2 Å². The molecule has 2 aromatic heterocycles. The lowest BCUT2D eigenvalue weighted by atomic mass is 10.2. The normalized spacial score (nSPS) is 11.1. The van der Waals surface area contributed by atoms with Crippen LogP contribution in [-0.4, -0.2) is 33.4 Å². The Morgan fingerprint density at radius 2 is 2.15 bits per heavy atom. The highest BCUT2D eigenvalue weighted by Gasteiger charge is 2.24. The van der Waals surface area contributed by atoms with Gasteiger partial charge in [0.25, 0.3) is 5.91 Å². The minimum absolute atomic E-state index is 0.0115. The summed E-state index contributed by atoms with van der Waals surface area (Å²) in [7, 11) is 1.42. The van der Waals surface area contributed by atoms with Gasteiger partial charge in [-0.05, 0) is 12.1 Å². The van der Waals surface area contributed by atoms with E-state index < -0.39 is 18.5 Å². The van der Waals surface area contributed by atoms with Crippen LogP contribution in [0.2, 0.25) is 5.02 Å². The Kier molecular flexibility index (Phi) is 4.79. The van der Waals surface area contributed by atoms with Crippen LogP contribution < -0.4 is 10.1 Å². The van der Waals surface area contributed by atoms with Gasteiger partial charge in [0.2, 0.25) is 0 Å². The number of benzene rings is 1. The van der Waals surface area contributed by atoms with E-state index in [2.05, 4.69) is 15.2 Å². The summed E-state index contributed by atoms with van der Waals surface area (Å²) < 4.78 is 31.1. The second kappa shape index (κ2) is 6.89. The van der Waals surface area contributed by atoms with Gasteiger partial charge in [-0.25, -0.2) is 4.79 Å². The number of carbonyl (C=O) groups excluding carboxylic acids is 1. The Hall–Kier alpha value is -2.72. The lowest BCUT2D eigenvalue weighted by Gasteiger charge is -2.06. The van der Waals surface area contributed by atoms with Crippen molar-refractivity contribution >= 4 is 50.6 Å². The number of fused-ring (bicyclic) bond motifs is 1. The van der Waals surface area contributed by atoms with E-state index in [1.54, 1.807) is 6.07 Å². The number of thiophene rings is 1. The van der Waals surface area contributed by atoms with Gasteiger partial charge in [0.15, 0.2) is 5.69 Å². The number of aromatic carboxylic acids is 1. The van der Waals surface area contributed by atoms with Crippen molar-refractivity contribution in [3.63, 3.8) is 0 Å². The molecule has 26 heavy (non-hydrogen) atoms. The first-order valence-electron chi connectivity index (χ1n) is 7.02. The Morgan fingerprint density at radius 3 is 2.81 bits per heavy atom. The number of hydrogen-bond acceptors (Lipinski definition) is 5. The van der Waals surface area contributed by atoms with Gasteiger partial charge in [-0.3, -0.25) is 9.48 Å². The molecule has 0 aliphatic carbocycles. The summed E-state index contributed by atoms with van der Waals surface area (Å²) in [6.07, 6.45) is 1.19. The summed E-state index contributed by atoms with van der Waals surface area (Å²) in [5, 5.41) is 15.5. The Labute approximate surface area is 153 Å². The molecule has 0 aliphatic rings. The maximum atomic E-state index is 12.5. The summed E-state index contributed by atoms with van der Waals surface area (Å²) >= 11 is 7.17. The van der Waals surface area contributed by atoms with Crippen molar-refractivity contribution in [2.75, 3.05) is 5.32 Å². The molecule has 1 aromatic carbocycles. The van der Waals surface area contributed by atoms with Crippen molar-refractivity contribution in [3.05, 3.63) is 40.0 Å². The first kappa shape index (κ1) is 18.1. The van der Waals surface area contributed by atoms with E-state index in [0.717, 1.165) is 16.0 Å². The molecule has 3 rings (SSSR count). The number of aromatic nitrogens is 2. The summed E-state index contributed by atoms with van der Waals surface area (Å²) in [6, 6.07) is 4.42. The molecule has 11 heteroatoms.